The highest BCUT2D eigenvalue weighted by Crippen LogP contribution is 2.24. The summed E-state index contributed by atoms with van der Waals surface area (Å²) in [6.45, 7) is 2.97. The molecule has 1 unspecified atom stereocenters. The monoisotopic (exact) mass is 271 g/mol. The summed E-state index contributed by atoms with van der Waals surface area (Å²) in [6, 6.07) is 4.23. The minimum atomic E-state index is 0.167. The molecule has 2 heterocycles. The Morgan fingerprint density at radius 2 is 2.35 bits per heavy atom. The summed E-state index contributed by atoms with van der Waals surface area (Å²) in [7, 11) is 0. The van der Waals surface area contributed by atoms with Crippen molar-refractivity contribution in [3.05, 3.63) is 21.9 Å². The number of nitrogens with zero attached hydrogens (tertiary/aromatic N) is 1. The van der Waals surface area contributed by atoms with Crippen LogP contribution in [0.15, 0.2) is 12.1 Å². The number of aryl methyl sites for hydroxylation is 1. The number of alkyl halides is 1. The number of thiophene rings is 1. The van der Waals surface area contributed by atoms with Crippen LogP contribution in [-0.2, 0) is 6.42 Å². The molecule has 17 heavy (non-hydrogen) atoms. The summed E-state index contributed by atoms with van der Waals surface area (Å²) in [6.07, 6.45) is 4.33. The normalized spacial score (nSPS) is 20.6. The van der Waals surface area contributed by atoms with Gasteiger partial charge in [-0.2, -0.15) is 0 Å². The van der Waals surface area contributed by atoms with E-state index in [1.54, 1.807) is 11.3 Å². The number of amides is 1. The average Bonchev–Trinajstić information content (AvgIpc) is 2.86. The van der Waals surface area contributed by atoms with Crippen molar-refractivity contribution in [2.45, 2.75) is 38.6 Å². The van der Waals surface area contributed by atoms with E-state index in [1.165, 1.54) is 11.3 Å². The molecule has 1 amide bonds. The molecule has 1 aliphatic rings. The van der Waals surface area contributed by atoms with Crippen molar-refractivity contribution >= 4 is 28.8 Å². The van der Waals surface area contributed by atoms with Crippen molar-refractivity contribution in [2.75, 3.05) is 12.4 Å². The second-order valence-electron chi connectivity index (χ2n) is 4.42. The van der Waals surface area contributed by atoms with E-state index in [0.29, 0.717) is 5.88 Å². The van der Waals surface area contributed by atoms with Gasteiger partial charge in [0.05, 0.1) is 4.88 Å². The van der Waals surface area contributed by atoms with E-state index in [9.17, 15) is 4.79 Å². The van der Waals surface area contributed by atoms with Gasteiger partial charge in [-0.15, -0.1) is 22.9 Å². The van der Waals surface area contributed by atoms with E-state index in [2.05, 4.69) is 13.0 Å². The van der Waals surface area contributed by atoms with Gasteiger partial charge in [-0.05, 0) is 37.8 Å². The fourth-order valence-electron chi connectivity index (χ4n) is 2.25. The van der Waals surface area contributed by atoms with Crippen LogP contribution in [0.2, 0.25) is 0 Å². The highest BCUT2D eigenvalue weighted by Gasteiger charge is 2.27. The van der Waals surface area contributed by atoms with Crippen molar-refractivity contribution in [2.24, 2.45) is 0 Å². The molecule has 2 rings (SSSR count). The van der Waals surface area contributed by atoms with Crippen LogP contribution in [0, 0.1) is 0 Å². The van der Waals surface area contributed by atoms with Crippen LogP contribution in [0.25, 0.3) is 0 Å². The first-order valence-corrected chi connectivity index (χ1v) is 7.57. The summed E-state index contributed by atoms with van der Waals surface area (Å²) in [5, 5.41) is 0. The molecule has 0 radical (unpaired) electrons. The van der Waals surface area contributed by atoms with Crippen molar-refractivity contribution in [3.63, 3.8) is 0 Å². The van der Waals surface area contributed by atoms with Crippen LogP contribution in [0.1, 0.15) is 40.7 Å². The average molecular weight is 272 g/mol. The molecule has 0 bridgehead atoms. The van der Waals surface area contributed by atoms with Crippen LogP contribution in [0.4, 0.5) is 0 Å². The standard InChI is InChI=1S/C13H18ClNOS/c1-2-11-6-7-12(17-11)13(16)15-8-4-3-5-10(15)9-14/h6-7,10H,2-5,8-9H2,1H3. The quantitative estimate of drug-likeness (QED) is 0.770. The number of likely N-dealkylation sites (tertiary alicyclic amines) is 1. The molecule has 1 aliphatic heterocycles. The summed E-state index contributed by atoms with van der Waals surface area (Å²) in [5.74, 6) is 0.720. The first-order chi connectivity index (χ1) is 8.26. The van der Waals surface area contributed by atoms with Gasteiger partial charge >= 0.3 is 0 Å². The molecule has 0 aliphatic carbocycles. The highest BCUT2D eigenvalue weighted by molar-refractivity contribution is 7.14. The lowest BCUT2D eigenvalue weighted by Crippen LogP contribution is -2.44. The smallest absolute Gasteiger partial charge is 0.264 e. The molecule has 4 heteroatoms. The number of rotatable bonds is 3. The third kappa shape index (κ3) is 2.83. The van der Waals surface area contributed by atoms with E-state index in [-0.39, 0.29) is 11.9 Å². The molecule has 0 saturated carbocycles. The third-order valence-corrected chi connectivity index (χ3v) is 4.86. The second-order valence-corrected chi connectivity index (χ2v) is 5.90. The maximum Gasteiger partial charge on any atom is 0.264 e. The third-order valence-electron chi connectivity index (χ3n) is 3.29. The van der Waals surface area contributed by atoms with Crippen molar-refractivity contribution in [3.8, 4) is 0 Å². The van der Waals surface area contributed by atoms with E-state index >= 15 is 0 Å². The lowest BCUT2D eigenvalue weighted by molar-refractivity contribution is 0.0644. The zero-order valence-corrected chi connectivity index (χ0v) is 11.7. The number of piperidine rings is 1. The van der Waals surface area contributed by atoms with Gasteiger partial charge in [0.25, 0.3) is 5.91 Å². The van der Waals surface area contributed by atoms with Gasteiger partial charge in [0, 0.05) is 23.3 Å². The number of halogens is 1. The first-order valence-electron chi connectivity index (χ1n) is 6.22. The Balaban J connectivity index is 2.12. The molecular weight excluding hydrogens is 254 g/mol. The van der Waals surface area contributed by atoms with Gasteiger partial charge in [0.15, 0.2) is 0 Å². The Morgan fingerprint density at radius 3 is 3.00 bits per heavy atom. The summed E-state index contributed by atoms with van der Waals surface area (Å²) in [5.41, 5.74) is 0. The van der Waals surface area contributed by atoms with E-state index in [1.807, 2.05) is 11.0 Å². The lowest BCUT2D eigenvalue weighted by atomic mass is 10.0. The highest BCUT2D eigenvalue weighted by atomic mass is 35.5. The number of hydrogen-bond acceptors (Lipinski definition) is 2. The fraction of sp³-hybridized carbons (Fsp3) is 0.615. The molecule has 0 aromatic carbocycles. The maximum absolute atomic E-state index is 12.4. The molecular formula is C13H18ClNOS. The second kappa shape index (κ2) is 5.87. The van der Waals surface area contributed by atoms with Gasteiger partial charge in [-0.3, -0.25) is 4.79 Å². The van der Waals surface area contributed by atoms with Gasteiger partial charge < -0.3 is 4.90 Å². The van der Waals surface area contributed by atoms with Crippen LogP contribution < -0.4 is 0 Å². The van der Waals surface area contributed by atoms with E-state index in [4.69, 9.17) is 11.6 Å². The fourth-order valence-corrected chi connectivity index (χ4v) is 3.48. The zero-order chi connectivity index (χ0) is 12.3. The Kier molecular flexibility index (Phi) is 4.46. The topological polar surface area (TPSA) is 20.3 Å². The molecule has 94 valence electrons. The molecule has 1 atom stereocenters. The van der Waals surface area contributed by atoms with E-state index in [0.717, 1.165) is 30.7 Å². The first kappa shape index (κ1) is 12.9. The molecule has 0 spiro atoms. The Bertz CT molecular complexity index is 391. The van der Waals surface area contributed by atoms with Crippen molar-refractivity contribution < 1.29 is 4.79 Å². The van der Waals surface area contributed by atoms with Gasteiger partial charge in [0.1, 0.15) is 0 Å². The number of hydrogen-bond donors (Lipinski definition) is 0. The number of carbonyl (C=O) groups is 1. The van der Waals surface area contributed by atoms with Gasteiger partial charge in [0.2, 0.25) is 0 Å². The molecule has 1 aromatic heterocycles. The summed E-state index contributed by atoms with van der Waals surface area (Å²) in [4.78, 5) is 16.5. The molecule has 1 fully saturated rings. The predicted molar refractivity (Wildman–Crippen MR) is 73.1 cm³/mol. The van der Waals surface area contributed by atoms with Crippen LogP contribution in [0.3, 0.4) is 0 Å². The zero-order valence-electron chi connectivity index (χ0n) is 10.1. The minimum absolute atomic E-state index is 0.167. The Morgan fingerprint density at radius 1 is 1.53 bits per heavy atom. The largest absolute Gasteiger partial charge is 0.334 e. The SMILES string of the molecule is CCc1ccc(C(=O)N2CCCCC2CCl)s1. The van der Waals surface area contributed by atoms with Crippen molar-refractivity contribution in [1.82, 2.24) is 4.90 Å². The van der Waals surface area contributed by atoms with Crippen LogP contribution in [0.5, 0.6) is 0 Å². The minimum Gasteiger partial charge on any atom is -0.334 e. The predicted octanol–water partition coefficient (Wildman–Crippen LogP) is 3.54. The van der Waals surface area contributed by atoms with Gasteiger partial charge in [-0.1, -0.05) is 6.92 Å². The van der Waals surface area contributed by atoms with E-state index < -0.39 is 0 Å². The van der Waals surface area contributed by atoms with Crippen molar-refractivity contribution in [1.29, 1.82) is 0 Å². The van der Waals surface area contributed by atoms with Gasteiger partial charge in [-0.25, -0.2) is 0 Å². The maximum atomic E-state index is 12.4. The number of carbonyl (C=O) groups excluding carboxylic acids is 1. The Hall–Kier alpha value is -0.540. The molecule has 1 saturated heterocycles. The van der Waals surface area contributed by atoms with Crippen LogP contribution in [-0.4, -0.2) is 29.3 Å². The lowest BCUT2D eigenvalue weighted by Gasteiger charge is -2.34. The molecule has 2 nitrogen and oxygen atoms in total. The summed E-state index contributed by atoms with van der Waals surface area (Å²) < 4.78 is 0. The molecule has 0 N–H and O–H groups in total. The van der Waals surface area contributed by atoms with Crippen LogP contribution >= 0.6 is 22.9 Å². The molecule has 1 aromatic rings. The summed E-state index contributed by atoms with van der Waals surface area (Å²) >= 11 is 7.56. The Labute approximate surface area is 112 Å².